The minimum absolute atomic E-state index is 0.0718. The average molecular weight is 483 g/mol. The first kappa shape index (κ1) is 21.7. The number of nitrogens with one attached hydrogen (secondary N) is 1. The van der Waals surface area contributed by atoms with Crippen LogP contribution in [0.2, 0.25) is 5.15 Å². The summed E-state index contributed by atoms with van der Waals surface area (Å²) in [4.78, 5) is 25.9. The molecule has 0 saturated heterocycles. The van der Waals surface area contributed by atoms with E-state index in [0.29, 0.717) is 45.2 Å². The second-order valence-corrected chi connectivity index (χ2v) is 7.94. The van der Waals surface area contributed by atoms with Crippen LogP contribution in [0.3, 0.4) is 0 Å². The minimum Gasteiger partial charge on any atom is -0.448 e. The van der Waals surface area contributed by atoms with Crippen molar-refractivity contribution in [3.05, 3.63) is 81.4 Å². The number of aryl methyl sites for hydroxylation is 1. The van der Waals surface area contributed by atoms with Gasteiger partial charge in [-0.25, -0.2) is 24.3 Å². The summed E-state index contributed by atoms with van der Waals surface area (Å²) in [7, 11) is 0. The third kappa shape index (κ3) is 3.70. The van der Waals surface area contributed by atoms with Gasteiger partial charge in [0.15, 0.2) is 6.39 Å². The molecule has 0 amide bonds. The smallest absolute Gasteiger partial charge is 0.428 e. The van der Waals surface area contributed by atoms with Crippen molar-refractivity contribution in [3.8, 4) is 22.4 Å². The Morgan fingerprint density at radius 1 is 1.24 bits per heavy atom. The molecule has 0 unspecified atom stereocenters. The lowest BCUT2D eigenvalue weighted by Crippen LogP contribution is -2.44. The van der Waals surface area contributed by atoms with Crippen LogP contribution in [0.5, 0.6) is 0 Å². The highest BCUT2D eigenvalue weighted by Crippen LogP contribution is 2.34. The number of oxazole rings is 1. The van der Waals surface area contributed by atoms with Gasteiger partial charge in [0.05, 0.1) is 17.9 Å². The topological polar surface area (TPSA) is 140 Å². The van der Waals surface area contributed by atoms with E-state index >= 15 is 0 Å². The molecule has 0 radical (unpaired) electrons. The van der Waals surface area contributed by atoms with E-state index < -0.39 is 11.5 Å². The maximum Gasteiger partial charge on any atom is 0.428 e. The van der Waals surface area contributed by atoms with E-state index in [9.17, 15) is 14.3 Å². The van der Waals surface area contributed by atoms with Gasteiger partial charge in [0.1, 0.15) is 34.7 Å². The fourth-order valence-corrected chi connectivity index (χ4v) is 3.98. The molecule has 0 aliphatic heterocycles. The normalized spacial score (nSPS) is 11.4. The van der Waals surface area contributed by atoms with Crippen molar-refractivity contribution < 1.29 is 18.3 Å². The van der Waals surface area contributed by atoms with Gasteiger partial charge in [-0.1, -0.05) is 11.6 Å². The summed E-state index contributed by atoms with van der Waals surface area (Å²) in [5, 5.41) is 12.9. The highest BCUT2D eigenvalue weighted by atomic mass is 35.5. The first-order valence-electron chi connectivity index (χ1n) is 10.1. The number of aliphatic hydroxyl groups is 1. The zero-order valence-corrected chi connectivity index (χ0v) is 18.5. The van der Waals surface area contributed by atoms with Crippen LogP contribution >= 0.6 is 11.6 Å². The molecular formula is C22H18ClFN7O3+. The maximum atomic E-state index is 13.6. The van der Waals surface area contributed by atoms with E-state index in [4.69, 9.17) is 21.8 Å². The van der Waals surface area contributed by atoms with Crippen LogP contribution in [0.4, 0.5) is 10.3 Å². The van der Waals surface area contributed by atoms with Crippen molar-refractivity contribution in [1.29, 1.82) is 0 Å². The van der Waals surface area contributed by atoms with E-state index in [1.807, 2.05) is 0 Å². The standard InChI is InChI=1S/C22H17ClFN7O3/c1-11-16(26-10-34-11)8-30-22(33)31-20(29-30)18(13-6-15(9-32)27-17(23)7-13)19(28-21(31)25)12-2-4-14(24)5-3-12/h2-7,10,32H,8-9H2,1H3,(H2,25,27,28,29)/p+1. The fraction of sp³-hybridized carbons (Fsp3) is 0.136. The summed E-state index contributed by atoms with van der Waals surface area (Å²) in [6.07, 6.45) is 1.30. The van der Waals surface area contributed by atoms with Crippen LogP contribution < -0.4 is 15.8 Å². The quantitative estimate of drug-likeness (QED) is 0.258. The van der Waals surface area contributed by atoms with Crippen molar-refractivity contribution in [2.75, 3.05) is 5.73 Å². The van der Waals surface area contributed by atoms with Gasteiger partial charge in [-0.2, -0.15) is 4.68 Å². The van der Waals surface area contributed by atoms with Crippen LogP contribution in [0.15, 0.2) is 52.0 Å². The monoisotopic (exact) mass is 482 g/mol. The molecule has 4 aromatic heterocycles. The SMILES string of the molecule is Cc1ocnc1Cn1[nH]c2c(-c3cc(Cl)nc(CO)c3)c(-c3ccc(F)cc3)nc(N)[n+]2c1=O. The second kappa shape index (κ2) is 8.36. The molecular weight excluding hydrogens is 465 g/mol. The van der Waals surface area contributed by atoms with Gasteiger partial charge in [-0.15, -0.1) is 9.38 Å². The molecule has 12 heteroatoms. The van der Waals surface area contributed by atoms with Crippen molar-refractivity contribution in [1.82, 2.24) is 24.7 Å². The summed E-state index contributed by atoms with van der Waals surface area (Å²) < 4.78 is 21.4. The van der Waals surface area contributed by atoms with Gasteiger partial charge < -0.3 is 15.3 Å². The zero-order valence-electron chi connectivity index (χ0n) is 17.8. The molecule has 1 aromatic carbocycles. The van der Waals surface area contributed by atoms with E-state index in [1.54, 1.807) is 31.2 Å². The molecule has 34 heavy (non-hydrogen) atoms. The summed E-state index contributed by atoms with van der Waals surface area (Å²) in [5.74, 6) is 0.0886. The number of nitrogens with two attached hydrogens (primary N) is 1. The molecule has 0 spiro atoms. The van der Waals surface area contributed by atoms with Crippen molar-refractivity contribution in [2.45, 2.75) is 20.1 Å². The van der Waals surface area contributed by atoms with E-state index in [1.165, 1.54) is 27.6 Å². The lowest BCUT2D eigenvalue weighted by Gasteiger charge is -2.10. The zero-order chi connectivity index (χ0) is 24.0. The predicted molar refractivity (Wildman–Crippen MR) is 120 cm³/mol. The van der Waals surface area contributed by atoms with Gasteiger partial charge in [0.25, 0.3) is 0 Å². The molecule has 4 heterocycles. The number of pyridine rings is 1. The largest absolute Gasteiger partial charge is 0.448 e. The molecule has 0 atom stereocenters. The van der Waals surface area contributed by atoms with Crippen molar-refractivity contribution >= 4 is 23.2 Å². The highest BCUT2D eigenvalue weighted by molar-refractivity contribution is 6.29. The van der Waals surface area contributed by atoms with Crippen LogP contribution in [0.25, 0.3) is 28.0 Å². The third-order valence-electron chi connectivity index (χ3n) is 5.38. The number of aromatic nitrogens is 6. The Kier molecular flexibility index (Phi) is 5.34. The highest BCUT2D eigenvalue weighted by Gasteiger charge is 2.27. The number of anilines is 1. The summed E-state index contributed by atoms with van der Waals surface area (Å²) in [6.45, 7) is 1.50. The molecule has 0 aliphatic rings. The van der Waals surface area contributed by atoms with Crippen molar-refractivity contribution in [3.63, 3.8) is 0 Å². The summed E-state index contributed by atoms with van der Waals surface area (Å²) >= 11 is 6.21. The van der Waals surface area contributed by atoms with Crippen LogP contribution in [0, 0.1) is 12.7 Å². The van der Waals surface area contributed by atoms with Gasteiger partial charge in [-0.3, -0.25) is 0 Å². The number of aliphatic hydroxyl groups excluding tert-OH is 1. The molecule has 4 N–H and O–H groups in total. The fourth-order valence-electron chi connectivity index (χ4n) is 3.76. The summed E-state index contributed by atoms with van der Waals surface area (Å²) in [5.41, 5.74) is 8.88. The Labute approximate surface area is 196 Å². The van der Waals surface area contributed by atoms with Gasteiger partial charge in [0.2, 0.25) is 5.65 Å². The number of nitrogen functional groups attached to an aromatic ring is 1. The molecule has 172 valence electrons. The molecule has 5 aromatic rings. The molecule has 0 aliphatic carbocycles. The maximum absolute atomic E-state index is 13.6. The Bertz CT molecular complexity index is 1590. The van der Waals surface area contributed by atoms with Crippen LogP contribution in [-0.4, -0.2) is 29.8 Å². The van der Waals surface area contributed by atoms with Gasteiger partial charge >= 0.3 is 11.6 Å². The minimum atomic E-state index is -0.475. The second-order valence-electron chi connectivity index (χ2n) is 7.55. The lowest BCUT2D eigenvalue weighted by molar-refractivity contribution is -0.516. The first-order chi connectivity index (χ1) is 16.4. The molecule has 0 bridgehead atoms. The number of benzene rings is 1. The number of hydrogen-bond donors (Lipinski definition) is 3. The Hall–Kier alpha value is -4.09. The predicted octanol–water partition coefficient (Wildman–Crippen LogP) is 2.25. The number of nitrogens with zero attached hydrogens (tertiary/aromatic N) is 5. The van der Waals surface area contributed by atoms with Crippen LogP contribution in [-0.2, 0) is 13.2 Å². The number of H-pyrrole nitrogens is 1. The molecule has 5 rings (SSSR count). The lowest BCUT2D eigenvalue weighted by atomic mass is 10.00. The van der Waals surface area contributed by atoms with E-state index in [-0.39, 0.29) is 24.3 Å². The number of aromatic amines is 1. The Balaban J connectivity index is 1.84. The first-order valence-corrected chi connectivity index (χ1v) is 10.5. The summed E-state index contributed by atoms with van der Waals surface area (Å²) in [6, 6.07) is 8.92. The average Bonchev–Trinajstić information content (AvgIpc) is 3.36. The number of hydrogen-bond acceptors (Lipinski definition) is 7. The third-order valence-corrected chi connectivity index (χ3v) is 5.58. The van der Waals surface area contributed by atoms with E-state index in [2.05, 4.69) is 20.1 Å². The van der Waals surface area contributed by atoms with Gasteiger partial charge in [0, 0.05) is 5.56 Å². The number of fused-ring (bicyclic) bond motifs is 1. The Morgan fingerprint density at radius 3 is 2.68 bits per heavy atom. The van der Waals surface area contributed by atoms with Gasteiger partial charge in [-0.05, 0) is 48.9 Å². The van der Waals surface area contributed by atoms with Crippen LogP contribution in [0.1, 0.15) is 17.1 Å². The number of halogens is 2. The molecule has 10 nitrogen and oxygen atoms in total. The number of rotatable bonds is 5. The molecule has 0 saturated carbocycles. The Morgan fingerprint density at radius 2 is 2.00 bits per heavy atom. The van der Waals surface area contributed by atoms with E-state index in [0.717, 1.165) is 0 Å². The molecule has 0 fully saturated rings. The van der Waals surface area contributed by atoms with Crippen molar-refractivity contribution in [2.24, 2.45) is 0 Å².